The summed E-state index contributed by atoms with van der Waals surface area (Å²) in [5.74, 6) is 0.938. The monoisotopic (exact) mass is 370 g/mol. The molecule has 2 aromatic heterocycles. The second kappa shape index (κ2) is 5.42. The van der Waals surface area contributed by atoms with Gasteiger partial charge in [0, 0.05) is 24.0 Å². The van der Waals surface area contributed by atoms with E-state index in [1.807, 2.05) is 12.3 Å². The lowest BCUT2D eigenvalue weighted by Gasteiger charge is -2.39. The van der Waals surface area contributed by atoms with Gasteiger partial charge in [-0.25, -0.2) is 14.8 Å². The van der Waals surface area contributed by atoms with Crippen molar-refractivity contribution in [2.24, 2.45) is 0 Å². The predicted molar refractivity (Wildman–Crippen MR) is 86.1 cm³/mol. The molecule has 21 heavy (non-hydrogen) atoms. The topological polar surface area (TPSA) is 78.4 Å². The number of rotatable bonds is 2. The van der Waals surface area contributed by atoms with Gasteiger partial charge in [-0.3, -0.25) is 0 Å². The number of halogens is 1. The summed E-state index contributed by atoms with van der Waals surface area (Å²) in [6.07, 6.45) is 2.14. The van der Waals surface area contributed by atoms with Crippen LogP contribution >= 0.6 is 27.3 Å². The maximum atomic E-state index is 10.9. The highest BCUT2D eigenvalue weighted by atomic mass is 79.9. The van der Waals surface area contributed by atoms with E-state index in [0.717, 1.165) is 46.4 Å². The van der Waals surface area contributed by atoms with Gasteiger partial charge in [-0.1, -0.05) is 0 Å². The molecule has 1 aliphatic heterocycles. The lowest BCUT2D eigenvalue weighted by Crippen LogP contribution is -2.53. The highest BCUT2D eigenvalue weighted by Gasteiger charge is 2.32. The van der Waals surface area contributed by atoms with Gasteiger partial charge in [0.2, 0.25) is 0 Å². The molecule has 1 aliphatic rings. The minimum absolute atomic E-state index is 0.357. The van der Waals surface area contributed by atoms with Gasteiger partial charge in [0.1, 0.15) is 17.7 Å². The zero-order valence-electron chi connectivity index (χ0n) is 11.5. The normalized spacial score (nSPS) is 17.9. The van der Waals surface area contributed by atoms with Gasteiger partial charge in [0.05, 0.1) is 9.17 Å². The molecule has 0 saturated carbocycles. The molecule has 2 aromatic rings. The molecule has 0 bridgehead atoms. The van der Waals surface area contributed by atoms with E-state index < -0.39 is 6.09 Å². The van der Waals surface area contributed by atoms with Gasteiger partial charge in [0.15, 0.2) is 0 Å². The maximum absolute atomic E-state index is 10.9. The number of piperidine rings is 1. The fourth-order valence-corrected chi connectivity index (χ4v) is 4.24. The molecule has 0 radical (unpaired) electrons. The Morgan fingerprint density at radius 2 is 2.19 bits per heavy atom. The predicted octanol–water partition coefficient (Wildman–Crippen LogP) is 3.08. The molecule has 0 spiro atoms. The smallest absolute Gasteiger partial charge is 0.405 e. The van der Waals surface area contributed by atoms with Gasteiger partial charge in [-0.15, -0.1) is 11.3 Å². The molecule has 6 nitrogen and oxygen atoms in total. The Labute approximate surface area is 134 Å². The number of fused-ring (bicyclic) bond motifs is 1. The molecule has 3 heterocycles. The lowest BCUT2D eigenvalue weighted by atomic mass is 9.90. The van der Waals surface area contributed by atoms with Gasteiger partial charge >= 0.3 is 6.09 Å². The van der Waals surface area contributed by atoms with Crippen LogP contribution in [0.3, 0.4) is 0 Å². The maximum Gasteiger partial charge on any atom is 0.405 e. The van der Waals surface area contributed by atoms with Crippen LogP contribution in [0.2, 0.25) is 0 Å². The highest BCUT2D eigenvalue weighted by Crippen LogP contribution is 2.35. The van der Waals surface area contributed by atoms with Crippen LogP contribution in [-0.4, -0.2) is 39.8 Å². The van der Waals surface area contributed by atoms with Gasteiger partial charge < -0.3 is 15.3 Å². The van der Waals surface area contributed by atoms with Crippen LogP contribution in [0.5, 0.6) is 0 Å². The molecule has 112 valence electrons. The summed E-state index contributed by atoms with van der Waals surface area (Å²) in [6, 6.07) is 0. The summed E-state index contributed by atoms with van der Waals surface area (Å²) in [5.41, 5.74) is 0.576. The van der Waals surface area contributed by atoms with E-state index in [4.69, 9.17) is 5.11 Å². The van der Waals surface area contributed by atoms with E-state index in [2.05, 4.69) is 36.1 Å². The van der Waals surface area contributed by atoms with Crippen LogP contribution in [0.15, 0.2) is 16.2 Å². The van der Waals surface area contributed by atoms with Crippen molar-refractivity contribution in [2.45, 2.75) is 25.3 Å². The molecule has 3 rings (SSSR count). The molecular formula is C13H15BrN4O2S. The number of carboxylic acid groups (broad SMARTS) is 1. The quantitative estimate of drug-likeness (QED) is 0.848. The van der Waals surface area contributed by atoms with Crippen LogP contribution in [0.1, 0.15) is 19.8 Å². The summed E-state index contributed by atoms with van der Waals surface area (Å²) in [7, 11) is 0. The highest BCUT2D eigenvalue weighted by molar-refractivity contribution is 9.10. The number of amides is 1. The molecule has 8 heteroatoms. The number of aromatic nitrogens is 2. The number of anilines is 1. The average Bonchev–Trinajstić information content (AvgIpc) is 2.81. The Balaban J connectivity index is 1.81. The Hall–Kier alpha value is -1.41. The second-order valence-corrected chi connectivity index (χ2v) is 7.17. The number of carbonyl (C=O) groups is 1. The molecule has 1 saturated heterocycles. The third-order valence-corrected chi connectivity index (χ3v) is 5.74. The molecule has 1 amide bonds. The second-order valence-electron chi connectivity index (χ2n) is 5.44. The molecular weight excluding hydrogens is 356 g/mol. The molecule has 0 atom stereocenters. The van der Waals surface area contributed by atoms with Crippen LogP contribution in [0.4, 0.5) is 10.6 Å². The van der Waals surface area contributed by atoms with E-state index in [1.54, 1.807) is 17.7 Å². The first-order valence-corrected chi connectivity index (χ1v) is 8.29. The minimum Gasteiger partial charge on any atom is -0.465 e. The van der Waals surface area contributed by atoms with E-state index in [-0.39, 0.29) is 5.54 Å². The van der Waals surface area contributed by atoms with Gasteiger partial charge in [-0.05, 0) is 35.7 Å². The van der Waals surface area contributed by atoms with Crippen molar-refractivity contribution in [3.63, 3.8) is 0 Å². The van der Waals surface area contributed by atoms with E-state index in [9.17, 15) is 4.79 Å². The largest absolute Gasteiger partial charge is 0.465 e. The number of hydrogen-bond donors (Lipinski definition) is 2. The lowest BCUT2D eigenvalue weighted by molar-refractivity contribution is 0.173. The first kappa shape index (κ1) is 14.5. The Kier molecular flexibility index (Phi) is 3.75. The van der Waals surface area contributed by atoms with Crippen molar-refractivity contribution in [1.29, 1.82) is 0 Å². The van der Waals surface area contributed by atoms with Crippen molar-refractivity contribution >= 4 is 49.4 Å². The summed E-state index contributed by atoms with van der Waals surface area (Å²) >= 11 is 5.12. The number of nitrogens with one attached hydrogen (secondary N) is 1. The minimum atomic E-state index is -0.961. The summed E-state index contributed by atoms with van der Waals surface area (Å²) in [4.78, 5) is 21.8. The molecule has 1 fully saturated rings. The third kappa shape index (κ3) is 2.82. The van der Waals surface area contributed by atoms with Crippen LogP contribution in [0, 0.1) is 0 Å². The van der Waals surface area contributed by atoms with Crippen molar-refractivity contribution in [2.75, 3.05) is 18.0 Å². The summed E-state index contributed by atoms with van der Waals surface area (Å²) < 4.78 is 2.06. The van der Waals surface area contributed by atoms with Crippen molar-refractivity contribution in [3.8, 4) is 0 Å². The van der Waals surface area contributed by atoms with E-state index >= 15 is 0 Å². The van der Waals surface area contributed by atoms with Gasteiger partial charge in [0.25, 0.3) is 0 Å². The fourth-order valence-electron chi connectivity index (χ4n) is 2.63. The van der Waals surface area contributed by atoms with Crippen LogP contribution in [0.25, 0.3) is 10.2 Å². The number of hydrogen-bond acceptors (Lipinski definition) is 5. The summed E-state index contributed by atoms with van der Waals surface area (Å²) in [6.45, 7) is 3.51. The molecule has 0 unspecified atom stereocenters. The Morgan fingerprint density at radius 1 is 1.48 bits per heavy atom. The Morgan fingerprint density at radius 3 is 2.86 bits per heavy atom. The summed E-state index contributed by atoms with van der Waals surface area (Å²) in [5, 5.41) is 13.5. The number of thiophene rings is 1. The van der Waals surface area contributed by atoms with Gasteiger partial charge in [-0.2, -0.15) is 0 Å². The zero-order chi connectivity index (χ0) is 15.0. The zero-order valence-corrected chi connectivity index (χ0v) is 13.9. The molecule has 0 aromatic carbocycles. The third-order valence-electron chi connectivity index (χ3n) is 3.87. The average molecular weight is 371 g/mol. The van der Waals surface area contributed by atoms with Crippen LogP contribution in [-0.2, 0) is 0 Å². The molecule has 2 N–H and O–H groups in total. The number of nitrogens with zero attached hydrogens (tertiary/aromatic N) is 3. The fraction of sp³-hybridized carbons (Fsp3) is 0.462. The van der Waals surface area contributed by atoms with Crippen molar-refractivity contribution in [1.82, 2.24) is 15.3 Å². The SMILES string of the molecule is CC1(NC(=O)O)CCN(c2ncnc3c(Br)csc23)CC1. The van der Waals surface area contributed by atoms with E-state index in [0.29, 0.717) is 0 Å². The first-order valence-electron chi connectivity index (χ1n) is 6.62. The van der Waals surface area contributed by atoms with Crippen LogP contribution < -0.4 is 10.2 Å². The standard InChI is InChI=1S/C13H15BrN4O2S/c1-13(17-12(19)20)2-4-18(5-3-13)11-10-9(15-7-16-11)8(14)6-21-10/h6-7,17H,2-5H2,1H3,(H,19,20). The Bertz CT molecular complexity index is 682. The molecule has 0 aliphatic carbocycles. The van der Waals surface area contributed by atoms with Crippen molar-refractivity contribution < 1.29 is 9.90 Å². The van der Waals surface area contributed by atoms with Crippen molar-refractivity contribution in [3.05, 3.63) is 16.2 Å². The van der Waals surface area contributed by atoms with E-state index in [1.165, 1.54) is 0 Å². The first-order chi connectivity index (χ1) is 9.98.